The number of anilines is 1. The molecule has 3 rings (SSSR count). The molecule has 1 fully saturated rings. The van der Waals surface area contributed by atoms with Gasteiger partial charge in [-0.2, -0.15) is 4.98 Å². The summed E-state index contributed by atoms with van der Waals surface area (Å²) >= 11 is 0. The second-order valence-electron chi connectivity index (χ2n) is 5.18. The zero-order valence-corrected chi connectivity index (χ0v) is 11.0. The minimum atomic E-state index is 0.424. The normalized spacial score (nSPS) is 22.8. The predicted molar refractivity (Wildman–Crippen MR) is 72.3 cm³/mol. The van der Waals surface area contributed by atoms with Crippen LogP contribution in [-0.4, -0.2) is 15.1 Å². The molecule has 2 N–H and O–H groups in total. The van der Waals surface area contributed by atoms with Crippen LogP contribution in [0.4, 0.5) is 5.69 Å². The molecule has 100 valence electrons. The fraction of sp³-hybridized carbons (Fsp3) is 0.500. The van der Waals surface area contributed by atoms with Crippen LogP contribution in [0.2, 0.25) is 0 Å². The fourth-order valence-electron chi connectivity index (χ4n) is 2.77. The van der Waals surface area contributed by atoms with E-state index >= 15 is 0 Å². The minimum Gasteiger partial charge on any atom is -0.397 e. The highest BCUT2D eigenvalue weighted by molar-refractivity contribution is 5.65. The molecule has 0 aliphatic heterocycles. The third-order valence-electron chi connectivity index (χ3n) is 3.97. The smallest absolute Gasteiger partial charge is 0.278 e. The molecule has 1 aliphatic rings. The summed E-state index contributed by atoms with van der Waals surface area (Å²) in [7, 11) is 0. The first-order chi connectivity index (χ1) is 9.28. The molecule has 2 unspecified atom stereocenters. The Kier molecular flexibility index (Phi) is 3.19. The highest BCUT2D eigenvalue weighted by Crippen LogP contribution is 2.39. The lowest BCUT2D eigenvalue weighted by Crippen LogP contribution is -1.98. The van der Waals surface area contributed by atoms with Crippen molar-refractivity contribution in [1.82, 2.24) is 15.1 Å². The molecule has 2 aromatic heterocycles. The van der Waals surface area contributed by atoms with Crippen LogP contribution in [0.5, 0.6) is 0 Å². The summed E-state index contributed by atoms with van der Waals surface area (Å²) in [5.41, 5.74) is 7.01. The highest BCUT2D eigenvalue weighted by Gasteiger charge is 2.28. The Balaban J connectivity index is 1.82. The van der Waals surface area contributed by atoms with Crippen molar-refractivity contribution < 1.29 is 4.52 Å². The maximum absolute atomic E-state index is 5.87. The van der Waals surface area contributed by atoms with E-state index in [4.69, 9.17) is 10.3 Å². The zero-order valence-electron chi connectivity index (χ0n) is 11.0. The lowest BCUT2D eigenvalue weighted by atomic mass is 10.0. The Bertz CT molecular complexity index is 566. The Labute approximate surface area is 112 Å². The van der Waals surface area contributed by atoms with Crippen molar-refractivity contribution in [3.8, 4) is 11.6 Å². The molecule has 0 bridgehead atoms. The van der Waals surface area contributed by atoms with Crippen LogP contribution in [0.3, 0.4) is 0 Å². The third-order valence-corrected chi connectivity index (χ3v) is 3.97. The number of nitrogen functional groups attached to an aromatic ring is 1. The summed E-state index contributed by atoms with van der Waals surface area (Å²) in [6.07, 6.45) is 6.48. The molecule has 5 heteroatoms. The molecule has 0 radical (unpaired) electrons. The van der Waals surface area contributed by atoms with Crippen LogP contribution in [0.1, 0.15) is 44.3 Å². The van der Waals surface area contributed by atoms with Gasteiger partial charge < -0.3 is 10.3 Å². The lowest BCUT2D eigenvalue weighted by molar-refractivity contribution is 0.413. The van der Waals surface area contributed by atoms with Crippen molar-refractivity contribution >= 4 is 5.69 Å². The molecule has 0 amide bonds. The van der Waals surface area contributed by atoms with Gasteiger partial charge in [0.2, 0.25) is 0 Å². The molecule has 1 aliphatic carbocycles. The summed E-state index contributed by atoms with van der Waals surface area (Å²) < 4.78 is 5.31. The van der Waals surface area contributed by atoms with Gasteiger partial charge in [0, 0.05) is 12.1 Å². The number of hydrogen-bond acceptors (Lipinski definition) is 5. The van der Waals surface area contributed by atoms with Crippen LogP contribution < -0.4 is 5.73 Å². The van der Waals surface area contributed by atoms with Gasteiger partial charge in [0.25, 0.3) is 5.89 Å². The maximum Gasteiger partial charge on any atom is 0.278 e. The molecule has 0 spiro atoms. The van der Waals surface area contributed by atoms with Gasteiger partial charge >= 0.3 is 0 Å². The van der Waals surface area contributed by atoms with Gasteiger partial charge in [-0.25, -0.2) is 4.98 Å². The molecule has 2 atom stereocenters. The van der Waals surface area contributed by atoms with E-state index in [2.05, 4.69) is 22.0 Å². The number of nitrogens with zero attached hydrogens (tertiary/aromatic N) is 3. The standard InChI is InChI=1S/C14H18N4O/c1-2-9-5-6-10(8-9)13-17-14(19-18-13)12-11(15)4-3-7-16-12/h3-4,7,9-10H,2,5-6,8,15H2,1H3. The van der Waals surface area contributed by atoms with Crippen LogP contribution in [0.25, 0.3) is 11.6 Å². The molecular weight excluding hydrogens is 240 g/mol. The summed E-state index contributed by atoms with van der Waals surface area (Å²) in [5, 5.41) is 4.10. The highest BCUT2D eigenvalue weighted by atomic mass is 16.5. The van der Waals surface area contributed by atoms with E-state index < -0.39 is 0 Å². The van der Waals surface area contributed by atoms with Gasteiger partial charge in [-0.3, -0.25) is 0 Å². The summed E-state index contributed by atoms with van der Waals surface area (Å²) in [4.78, 5) is 8.67. The molecular formula is C14H18N4O. The van der Waals surface area contributed by atoms with Gasteiger partial charge in [0.1, 0.15) is 0 Å². The number of rotatable bonds is 3. The van der Waals surface area contributed by atoms with Crippen molar-refractivity contribution in [2.45, 2.75) is 38.5 Å². The number of hydrogen-bond donors (Lipinski definition) is 1. The largest absolute Gasteiger partial charge is 0.397 e. The van der Waals surface area contributed by atoms with Gasteiger partial charge in [-0.05, 0) is 37.3 Å². The minimum absolute atomic E-state index is 0.424. The fourth-order valence-corrected chi connectivity index (χ4v) is 2.77. The maximum atomic E-state index is 5.87. The van der Waals surface area contributed by atoms with Crippen LogP contribution in [-0.2, 0) is 0 Å². The monoisotopic (exact) mass is 258 g/mol. The first-order valence-electron chi connectivity index (χ1n) is 6.82. The molecule has 0 saturated heterocycles. The Hall–Kier alpha value is -1.91. The van der Waals surface area contributed by atoms with Gasteiger partial charge in [-0.1, -0.05) is 18.5 Å². The zero-order chi connectivity index (χ0) is 13.2. The van der Waals surface area contributed by atoms with E-state index in [1.54, 1.807) is 18.3 Å². The Morgan fingerprint density at radius 2 is 2.32 bits per heavy atom. The van der Waals surface area contributed by atoms with E-state index in [-0.39, 0.29) is 0 Å². The topological polar surface area (TPSA) is 77.8 Å². The SMILES string of the molecule is CCC1CCC(c2noc(-c3ncccc3N)n2)C1. The molecule has 19 heavy (non-hydrogen) atoms. The number of pyridine rings is 1. The summed E-state index contributed by atoms with van der Waals surface area (Å²) in [6, 6.07) is 3.58. The van der Waals surface area contributed by atoms with Crippen LogP contribution in [0.15, 0.2) is 22.9 Å². The molecule has 0 aromatic carbocycles. The van der Waals surface area contributed by atoms with E-state index in [1.807, 2.05) is 0 Å². The van der Waals surface area contributed by atoms with E-state index in [0.717, 1.165) is 24.6 Å². The van der Waals surface area contributed by atoms with Crippen molar-refractivity contribution in [1.29, 1.82) is 0 Å². The average Bonchev–Trinajstić information content (AvgIpc) is 3.08. The van der Waals surface area contributed by atoms with Crippen molar-refractivity contribution in [2.24, 2.45) is 5.92 Å². The average molecular weight is 258 g/mol. The first kappa shape index (κ1) is 12.1. The van der Waals surface area contributed by atoms with E-state index in [9.17, 15) is 0 Å². The summed E-state index contributed by atoms with van der Waals surface area (Å²) in [5.74, 6) is 2.45. The van der Waals surface area contributed by atoms with Crippen molar-refractivity contribution in [3.63, 3.8) is 0 Å². The quantitative estimate of drug-likeness (QED) is 0.915. The van der Waals surface area contributed by atoms with Gasteiger partial charge in [0.05, 0.1) is 5.69 Å². The Morgan fingerprint density at radius 3 is 3.05 bits per heavy atom. The van der Waals surface area contributed by atoms with Crippen LogP contribution in [0, 0.1) is 5.92 Å². The third kappa shape index (κ3) is 2.32. The molecule has 1 saturated carbocycles. The van der Waals surface area contributed by atoms with Crippen molar-refractivity contribution in [3.05, 3.63) is 24.2 Å². The van der Waals surface area contributed by atoms with E-state index in [0.29, 0.717) is 23.2 Å². The number of aromatic nitrogens is 3. The molecule has 5 nitrogen and oxygen atoms in total. The van der Waals surface area contributed by atoms with Crippen LogP contribution >= 0.6 is 0 Å². The van der Waals surface area contributed by atoms with E-state index in [1.165, 1.54) is 12.8 Å². The molecule has 2 heterocycles. The lowest BCUT2D eigenvalue weighted by Gasteiger charge is -2.04. The molecule has 2 aromatic rings. The predicted octanol–water partition coefficient (Wildman–Crippen LogP) is 3.01. The van der Waals surface area contributed by atoms with Gasteiger partial charge in [0.15, 0.2) is 11.5 Å². The second kappa shape index (κ2) is 4.99. The second-order valence-corrected chi connectivity index (χ2v) is 5.18. The summed E-state index contributed by atoms with van der Waals surface area (Å²) in [6.45, 7) is 2.24. The number of nitrogens with two attached hydrogens (primary N) is 1. The first-order valence-corrected chi connectivity index (χ1v) is 6.82. The Morgan fingerprint density at radius 1 is 1.42 bits per heavy atom. The van der Waals surface area contributed by atoms with Crippen molar-refractivity contribution in [2.75, 3.05) is 5.73 Å². The van der Waals surface area contributed by atoms with Gasteiger partial charge in [-0.15, -0.1) is 0 Å².